The number of nitrogens with zero attached hydrogens (tertiary/aromatic N) is 1. The number of hydrogen-bond acceptors (Lipinski definition) is 4. The summed E-state index contributed by atoms with van der Waals surface area (Å²) in [6, 6.07) is 2.09. The van der Waals surface area contributed by atoms with Gasteiger partial charge in [0.2, 0.25) is 0 Å². The first kappa shape index (κ1) is 10.5. The molecule has 0 unspecified atom stereocenters. The molecule has 1 saturated carbocycles. The van der Waals surface area contributed by atoms with E-state index in [1.807, 2.05) is 0 Å². The molecule has 1 fully saturated rings. The normalized spacial score (nSPS) is 29.5. The smallest absolute Gasteiger partial charge is 0.264 e. The molecule has 4 nitrogen and oxygen atoms in total. The SMILES string of the molecule is CS(=O)(=O)O[C@@H]1CCCC[C@H]1C#N. The average molecular weight is 203 g/mol. The predicted molar refractivity (Wildman–Crippen MR) is 47.3 cm³/mol. The largest absolute Gasteiger partial charge is 0.266 e. The molecule has 5 heteroatoms. The van der Waals surface area contributed by atoms with E-state index in [2.05, 4.69) is 6.07 Å². The van der Waals surface area contributed by atoms with Crippen LogP contribution in [0.25, 0.3) is 0 Å². The summed E-state index contributed by atoms with van der Waals surface area (Å²) in [6.45, 7) is 0. The highest BCUT2D eigenvalue weighted by Crippen LogP contribution is 2.27. The molecule has 1 aliphatic carbocycles. The van der Waals surface area contributed by atoms with Crippen molar-refractivity contribution in [1.82, 2.24) is 0 Å². The minimum Gasteiger partial charge on any atom is -0.266 e. The second-order valence-corrected chi connectivity index (χ2v) is 4.96. The van der Waals surface area contributed by atoms with Crippen LogP contribution < -0.4 is 0 Å². The van der Waals surface area contributed by atoms with E-state index in [-0.39, 0.29) is 5.92 Å². The Balaban J connectivity index is 2.62. The van der Waals surface area contributed by atoms with Crippen LogP contribution in [0.3, 0.4) is 0 Å². The van der Waals surface area contributed by atoms with E-state index in [9.17, 15) is 8.42 Å². The topological polar surface area (TPSA) is 67.2 Å². The van der Waals surface area contributed by atoms with Crippen LogP contribution in [0.2, 0.25) is 0 Å². The Morgan fingerprint density at radius 1 is 1.38 bits per heavy atom. The van der Waals surface area contributed by atoms with Gasteiger partial charge in [0.05, 0.1) is 24.3 Å². The van der Waals surface area contributed by atoms with Crippen LogP contribution in [-0.4, -0.2) is 20.8 Å². The van der Waals surface area contributed by atoms with Gasteiger partial charge in [-0.05, 0) is 12.8 Å². The van der Waals surface area contributed by atoms with Crippen LogP contribution >= 0.6 is 0 Å². The Kier molecular flexibility index (Phi) is 3.28. The van der Waals surface area contributed by atoms with Crippen molar-refractivity contribution in [3.05, 3.63) is 0 Å². The zero-order valence-corrected chi connectivity index (χ0v) is 8.38. The number of nitriles is 1. The van der Waals surface area contributed by atoms with Gasteiger partial charge in [-0.25, -0.2) is 0 Å². The summed E-state index contributed by atoms with van der Waals surface area (Å²) in [4.78, 5) is 0. The van der Waals surface area contributed by atoms with Crippen LogP contribution in [0.1, 0.15) is 25.7 Å². The maximum atomic E-state index is 10.8. The lowest BCUT2D eigenvalue weighted by Crippen LogP contribution is -2.28. The summed E-state index contributed by atoms with van der Waals surface area (Å²) in [6.07, 6.45) is 3.95. The van der Waals surface area contributed by atoms with E-state index in [1.165, 1.54) is 0 Å². The first-order chi connectivity index (χ1) is 6.03. The fourth-order valence-corrected chi connectivity index (χ4v) is 2.26. The van der Waals surface area contributed by atoms with Crippen molar-refractivity contribution in [3.63, 3.8) is 0 Å². The summed E-state index contributed by atoms with van der Waals surface area (Å²) < 4.78 is 26.5. The van der Waals surface area contributed by atoms with Crippen molar-refractivity contribution in [1.29, 1.82) is 5.26 Å². The van der Waals surface area contributed by atoms with Gasteiger partial charge in [0.1, 0.15) is 0 Å². The molecule has 1 aliphatic rings. The van der Waals surface area contributed by atoms with Crippen molar-refractivity contribution in [2.24, 2.45) is 5.92 Å². The molecular weight excluding hydrogens is 190 g/mol. The Morgan fingerprint density at radius 2 is 2.00 bits per heavy atom. The summed E-state index contributed by atoms with van der Waals surface area (Å²) in [5.74, 6) is -0.261. The average Bonchev–Trinajstić information content (AvgIpc) is 2.02. The zero-order valence-electron chi connectivity index (χ0n) is 7.56. The van der Waals surface area contributed by atoms with E-state index >= 15 is 0 Å². The molecule has 0 heterocycles. The van der Waals surface area contributed by atoms with Gasteiger partial charge >= 0.3 is 0 Å². The van der Waals surface area contributed by atoms with Crippen molar-refractivity contribution in [2.45, 2.75) is 31.8 Å². The maximum absolute atomic E-state index is 10.8. The lowest BCUT2D eigenvalue weighted by Gasteiger charge is -2.25. The van der Waals surface area contributed by atoms with E-state index in [0.29, 0.717) is 6.42 Å². The minimum atomic E-state index is -3.42. The fraction of sp³-hybridized carbons (Fsp3) is 0.875. The van der Waals surface area contributed by atoms with E-state index in [0.717, 1.165) is 25.5 Å². The van der Waals surface area contributed by atoms with Gasteiger partial charge in [-0.15, -0.1) is 0 Å². The minimum absolute atomic E-state index is 0.261. The third-order valence-corrected chi connectivity index (χ3v) is 2.76. The molecule has 0 N–H and O–H groups in total. The van der Waals surface area contributed by atoms with E-state index in [4.69, 9.17) is 9.44 Å². The first-order valence-electron chi connectivity index (χ1n) is 4.31. The molecule has 2 atom stereocenters. The quantitative estimate of drug-likeness (QED) is 0.629. The van der Waals surface area contributed by atoms with Gasteiger partial charge < -0.3 is 0 Å². The lowest BCUT2D eigenvalue weighted by molar-refractivity contribution is 0.128. The molecule has 0 amide bonds. The third kappa shape index (κ3) is 3.33. The molecule has 1 rings (SSSR count). The van der Waals surface area contributed by atoms with Gasteiger partial charge in [0.15, 0.2) is 0 Å². The summed E-state index contributed by atoms with van der Waals surface area (Å²) in [5.41, 5.74) is 0. The first-order valence-corrected chi connectivity index (χ1v) is 6.12. The number of hydrogen-bond donors (Lipinski definition) is 0. The zero-order chi connectivity index (χ0) is 9.90. The molecule has 74 valence electrons. The standard InChI is InChI=1S/C8H13NO3S/c1-13(10,11)12-8-5-3-2-4-7(8)6-9/h7-8H,2-5H2,1H3/t7-,8+/m0/s1. The highest BCUT2D eigenvalue weighted by molar-refractivity contribution is 7.86. The van der Waals surface area contributed by atoms with Gasteiger partial charge in [0, 0.05) is 0 Å². The van der Waals surface area contributed by atoms with Crippen molar-refractivity contribution in [3.8, 4) is 6.07 Å². The van der Waals surface area contributed by atoms with Crippen LogP contribution in [0, 0.1) is 17.2 Å². The van der Waals surface area contributed by atoms with Gasteiger partial charge in [-0.1, -0.05) is 12.8 Å². The van der Waals surface area contributed by atoms with Gasteiger partial charge in [0.25, 0.3) is 10.1 Å². The molecule has 0 aromatic rings. The predicted octanol–water partition coefficient (Wildman–Crippen LogP) is 1.04. The Morgan fingerprint density at radius 3 is 2.54 bits per heavy atom. The maximum Gasteiger partial charge on any atom is 0.264 e. The highest BCUT2D eigenvalue weighted by Gasteiger charge is 2.28. The molecule has 0 bridgehead atoms. The van der Waals surface area contributed by atoms with Crippen molar-refractivity contribution in [2.75, 3.05) is 6.26 Å². The molecule has 0 aliphatic heterocycles. The van der Waals surface area contributed by atoms with Crippen LogP contribution in [0.15, 0.2) is 0 Å². The second kappa shape index (κ2) is 4.07. The third-order valence-electron chi connectivity index (χ3n) is 2.17. The molecule has 0 spiro atoms. The van der Waals surface area contributed by atoms with Gasteiger partial charge in [-0.2, -0.15) is 13.7 Å². The van der Waals surface area contributed by atoms with Crippen LogP contribution in [0.4, 0.5) is 0 Å². The molecule has 0 aromatic heterocycles. The molecule has 0 radical (unpaired) electrons. The fourth-order valence-electron chi connectivity index (χ4n) is 1.58. The molecular formula is C8H13NO3S. The summed E-state index contributed by atoms with van der Waals surface area (Å²) in [5, 5.41) is 8.73. The van der Waals surface area contributed by atoms with Crippen molar-refractivity contribution >= 4 is 10.1 Å². The monoisotopic (exact) mass is 203 g/mol. The summed E-state index contributed by atoms with van der Waals surface area (Å²) in [7, 11) is -3.42. The lowest BCUT2D eigenvalue weighted by atomic mass is 9.88. The van der Waals surface area contributed by atoms with E-state index in [1.54, 1.807) is 0 Å². The summed E-state index contributed by atoms with van der Waals surface area (Å²) >= 11 is 0. The highest BCUT2D eigenvalue weighted by atomic mass is 32.2. The Labute approximate surface area is 78.6 Å². The Hall–Kier alpha value is -0.600. The molecule has 0 saturated heterocycles. The molecule has 13 heavy (non-hydrogen) atoms. The van der Waals surface area contributed by atoms with E-state index < -0.39 is 16.2 Å². The van der Waals surface area contributed by atoms with Gasteiger partial charge in [-0.3, -0.25) is 4.18 Å². The van der Waals surface area contributed by atoms with Crippen LogP contribution in [-0.2, 0) is 14.3 Å². The second-order valence-electron chi connectivity index (χ2n) is 3.36. The van der Waals surface area contributed by atoms with Crippen molar-refractivity contribution < 1.29 is 12.6 Å². The molecule has 0 aromatic carbocycles. The van der Waals surface area contributed by atoms with Crippen LogP contribution in [0.5, 0.6) is 0 Å². The number of rotatable bonds is 2. The Bertz CT molecular complexity index is 304.